The van der Waals surface area contributed by atoms with E-state index in [2.05, 4.69) is 31.9 Å². The van der Waals surface area contributed by atoms with Gasteiger partial charge < -0.3 is 4.74 Å². The van der Waals surface area contributed by atoms with Crippen molar-refractivity contribution >= 4 is 31.9 Å². The molecule has 0 spiro atoms. The Kier molecular flexibility index (Phi) is 4.92. The molecular formula is C14H11Br2FO. The van der Waals surface area contributed by atoms with Crippen LogP contribution in [0.25, 0.3) is 0 Å². The lowest BCUT2D eigenvalue weighted by Crippen LogP contribution is -1.95. The quantitative estimate of drug-likeness (QED) is 0.727. The van der Waals surface area contributed by atoms with Gasteiger partial charge in [-0.05, 0) is 45.3 Å². The first-order valence-electron chi connectivity index (χ1n) is 5.42. The molecule has 0 bridgehead atoms. The van der Waals surface area contributed by atoms with E-state index >= 15 is 0 Å². The fourth-order valence-electron chi connectivity index (χ4n) is 1.52. The third-order valence-electron chi connectivity index (χ3n) is 2.47. The van der Waals surface area contributed by atoms with E-state index in [1.807, 2.05) is 24.3 Å². The van der Waals surface area contributed by atoms with Gasteiger partial charge in [0.25, 0.3) is 0 Å². The first-order chi connectivity index (χ1) is 8.66. The van der Waals surface area contributed by atoms with Crippen LogP contribution in [0.3, 0.4) is 0 Å². The molecule has 0 aliphatic carbocycles. The smallest absolute Gasteiger partial charge is 0.137 e. The van der Waals surface area contributed by atoms with Crippen molar-refractivity contribution in [2.24, 2.45) is 0 Å². The van der Waals surface area contributed by atoms with Crippen LogP contribution in [0.5, 0.6) is 0 Å². The minimum atomic E-state index is -0.260. The van der Waals surface area contributed by atoms with Crippen LogP contribution in [-0.2, 0) is 18.0 Å². The highest BCUT2D eigenvalue weighted by Crippen LogP contribution is 2.19. The summed E-state index contributed by atoms with van der Waals surface area (Å²) in [5.74, 6) is -0.260. The van der Waals surface area contributed by atoms with Crippen LogP contribution in [0.1, 0.15) is 11.1 Å². The molecule has 94 valence electrons. The van der Waals surface area contributed by atoms with Gasteiger partial charge in [-0.3, -0.25) is 0 Å². The van der Waals surface area contributed by atoms with Crippen LogP contribution in [0.4, 0.5) is 4.39 Å². The van der Waals surface area contributed by atoms with Gasteiger partial charge in [0.1, 0.15) is 5.82 Å². The predicted molar refractivity (Wildman–Crippen MR) is 76.7 cm³/mol. The van der Waals surface area contributed by atoms with E-state index in [1.165, 1.54) is 6.07 Å². The summed E-state index contributed by atoms with van der Waals surface area (Å²) >= 11 is 6.62. The van der Waals surface area contributed by atoms with Gasteiger partial charge in [-0.25, -0.2) is 4.39 Å². The molecule has 1 nitrogen and oxygen atoms in total. The SMILES string of the molecule is Fc1ccc(COCc2ccccc2Br)cc1Br. The van der Waals surface area contributed by atoms with Crippen molar-refractivity contribution in [1.29, 1.82) is 0 Å². The highest BCUT2D eigenvalue weighted by molar-refractivity contribution is 9.10. The lowest BCUT2D eigenvalue weighted by atomic mass is 10.2. The maximum atomic E-state index is 13.0. The third-order valence-corrected chi connectivity index (χ3v) is 3.85. The summed E-state index contributed by atoms with van der Waals surface area (Å²) in [7, 11) is 0. The average molecular weight is 374 g/mol. The molecule has 2 aromatic carbocycles. The number of hydrogen-bond donors (Lipinski definition) is 0. The Bertz CT molecular complexity index is 543. The molecule has 0 saturated carbocycles. The first-order valence-corrected chi connectivity index (χ1v) is 7.00. The zero-order valence-electron chi connectivity index (χ0n) is 9.50. The van der Waals surface area contributed by atoms with Crippen LogP contribution in [-0.4, -0.2) is 0 Å². The van der Waals surface area contributed by atoms with E-state index in [0.717, 1.165) is 15.6 Å². The molecule has 2 aromatic rings. The maximum Gasteiger partial charge on any atom is 0.137 e. The highest BCUT2D eigenvalue weighted by Gasteiger charge is 2.02. The van der Waals surface area contributed by atoms with Crippen molar-refractivity contribution in [1.82, 2.24) is 0 Å². The molecule has 2 rings (SSSR count). The van der Waals surface area contributed by atoms with Crippen molar-refractivity contribution in [3.63, 3.8) is 0 Å². The fourth-order valence-corrected chi connectivity index (χ4v) is 2.35. The zero-order valence-corrected chi connectivity index (χ0v) is 12.7. The first kappa shape index (κ1) is 13.7. The van der Waals surface area contributed by atoms with Crippen molar-refractivity contribution in [2.75, 3.05) is 0 Å². The molecule has 0 aromatic heterocycles. The summed E-state index contributed by atoms with van der Waals surface area (Å²) < 4.78 is 20.1. The van der Waals surface area contributed by atoms with Gasteiger partial charge in [0, 0.05) is 4.47 Å². The van der Waals surface area contributed by atoms with E-state index in [4.69, 9.17) is 4.74 Å². The number of rotatable bonds is 4. The predicted octanol–water partition coefficient (Wildman–Crippen LogP) is 5.07. The van der Waals surface area contributed by atoms with E-state index in [0.29, 0.717) is 17.7 Å². The van der Waals surface area contributed by atoms with Gasteiger partial charge >= 0.3 is 0 Å². The average Bonchev–Trinajstić information content (AvgIpc) is 2.36. The van der Waals surface area contributed by atoms with Gasteiger partial charge in [0.05, 0.1) is 17.7 Å². The Labute approximate surface area is 122 Å². The molecule has 0 heterocycles. The van der Waals surface area contributed by atoms with Gasteiger partial charge in [-0.15, -0.1) is 0 Å². The summed E-state index contributed by atoms with van der Waals surface area (Å²) in [4.78, 5) is 0. The lowest BCUT2D eigenvalue weighted by Gasteiger charge is -2.07. The van der Waals surface area contributed by atoms with Crippen LogP contribution in [0, 0.1) is 5.82 Å². The minimum absolute atomic E-state index is 0.260. The van der Waals surface area contributed by atoms with Crippen molar-refractivity contribution in [3.05, 3.63) is 68.4 Å². The van der Waals surface area contributed by atoms with Gasteiger partial charge in [0.15, 0.2) is 0 Å². The Hall–Kier alpha value is -0.710. The van der Waals surface area contributed by atoms with Crippen LogP contribution in [0.2, 0.25) is 0 Å². The highest BCUT2D eigenvalue weighted by atomic mass is 79.9. The van der Waals surface area contributed by atoms with E-state index in [1.54, 1.807) is 12.1 Å². The standard InChI is InChI=1S/C14H11Br2FO/c15-12-4-2-1-3-11(12)9-18-8-10-5-6-14(17)13(16)7-10/h1-7H,8-9H2. The number of ether oxygens (including phenoxy) is 1. The molecule has 0 aliphatic heterocycles. The van der Waals surface area contributed by atoms with Crippen LogP contribution < -0.4 is 0 Å². The third kappa shape index (κ3) is 3.64. The Morgan fingerprint density at radius 1 is 0.944 bits per heavy atom. The fraction of sp³-hybridized carbons (Fsp3) is 0.143. The van der Waals surface area contributed by atoms with Gasteiger partial charge in [-0.1, -0.05) is 40.2 Å². The summed E-state index contributed by atoms with van der Waals surface area (Å²) in [5, 5.41) is 0. The second kappa shape index (κ2) is 6.45. The maximum absolute atomic E-state index is 13.0. The molecular weight excluding hydrogens is 363 g/mol. The Morgan fingerprint density at radius 2 is 1.72 bits per heavy atom. The number of benzene rings is 2. The second-order valence-corrected chi connectivity index (χ2v) is 5.54. The molecule has 0 aliphatic rings. The minimum Gasteiger partial charge on any atom is -0.372 e. The van der Waals surface area contributed by atoms with E-state index < -0.39 is 0 Å². The van der Waals surface area contributed by atoms with Gasteiger partial charge in [0.2, 0.25) is 0 Å². The topological polar surface area (TPSA) is 9.23 Å². The molecule has 0 amide bonds. The van der Waals surface area contributed by atoms with Gasteiger partial charge in [-0.2, -0.15) is 0 Å². The lowest BCUT2D eigenvalue weighted by molar-refractivity contribution is 0.106. The monoisotopic (exact) mass is 372 g/mol. The molecule has 0 atom stereocenters. The largest absolute Gasteiger partial charge is 0.372 e. The summed E-state index contributed by atoms with van der Waals surface area (Å²) in [6.45, 7) is 0.983. The molecule has 0 unspecified atom stereocenters. The summed E-state index contributed by atoms with van der Waals surface area (Å²) in [6.07, 6.45) is 0. The zero-order chi connectivity index (χ0) is 13.0. The number of hydrogen-bond acceptors (Lipinski definition) is 1. The Balaban J connectivity index is 1.92. The van der Waals surface area contributed by atoms with E-state index in [-0.39, 0.29) is 5.82 Å². The molecule has 0 saturated heterocycles. The molecule has 18 heavy (non-hydrogen) atoms. The molecule has 4 heteroatoms. The van der Waals surface area contributed by atoms with Crippen LogP contribution >= 0.6 is 31.9 Å². The number of halogens is 3. The molecule has 0 fully saturated rings. The summed E-state index contributed by atoms with van der Waals surface area (Å²) in [5.41, 5.74) is 2.04. The second-order valence-electron chi connectivity index (χ2n) is 3.83. The summed E-state index contributed by atoms with van der Waals surface area (Å²) in [6, 6.07) is 12.8. The van der Waals surface area contributed by atoms with Crippen LogP contribution in [0.15, 0.2) is 51.4 Å². The normalized spacial score (nSPS) is 10.6. The molecule has 0 N–H and O–H groups in total. The van der Waals surface area contributed by atoms with Crippen molar-refractivity contribution in [2.45, 2.75) is 13.2 Å². The molecule has 0 radical (unpaired) electrons. The van der Waals surface area contributed by atoms with Crippen molar-refractivity contribution < 1.29 is 9.13 Å². The van der Waals surface area contributed by atoms with Crippen molar-refractivity contribution in [3.8, 4) is 0 Å². The Morgan fingerprint density at radius 3 is 2.44 bits per heavy atom. The van der Waals surface area contributed by atoms with E-state index in [9.17, 15) is 4.39 Å².